The van der Waals surface area contributed by atoms with Crippen molar-refractivity contribution < 1.29 is 0 Å². The number of hydrogen-bond acceptors (Lipinski definition) is 2. The summed E-state index contributed by atoms with van der Waals surface area (Å²) in [6, 6.07) is 9.34. The van der Waals surface area contributed by atoms with Gasteiger partial charge < -0.3 is 5.32 Å². The maximum Gasteiger partial charge on any atom is 0.0247 e. The first-order valence-corrected chi connectivity index (χ1v) is 7.78. The smallest absolute Gasteiger partial charge is 0.0247 e. The van der Waals surface area contributed by atoms with Gasteiger partial charge >= 0.3 is 0 Å². The fourth-order valence-corrected chi connectivity index (χ4v) is 3.11. The first-order valence-electron chi connectivity index (χ1n) is 6.99. The molecule has 2 nitrogen and oxygen atoms in total. The van der Waals surface area contributed by atoms with E-state index in [-0.39, 0.29) is 12.4 Å². The van der Waals surface area contributed by atoms with Crippen LogP contribution in [-0.2, 0) is 6.54 Å². The summed E-state index contributed by atoms with van der Waals surface area (Å²) in [5.74, 6) is 0. The Morgan fingerprint density at radius 3 is 2.58 bits per heavy atom. The minimum Gasteiger partial charge on any atom is -0.317 e. The second kappa shape index (κ2) is 8.96. The quantitative estimate of drug-likeness (QED) is 0.870. The molecule has 0 bridgehead atoms. The monoisotopic (exact) mass is 346 g/mol. The van der Waals surface area contributed by atoms with Crippen molar-refractivity contribution in [2.24, 2.45) is 0 Å². The normalized spacial score (nSPS) is 16.4. The van der Waals surface area contributed by atoms with Crippen LogP contribution in [0.3, 0.4) is 0 Å². The largest absolute Gasteiger partial charge is 0.317 e. The van der Waals surface area contributed by atoms with Crippen molar-refractivity contribution in [1.29, 1.82) is 0 Å². The summed E-state index contributed by atoms with van der Waals surface area (Å²) in [7, 11) is 0. The zero-order chi connectivity index (χ0) is 12.8. The van der Waals surface area contributed by atoms with E-state index in [4.69, 9.17) is 0 Å². The fraction of sp³-hybridized carbons (Fsp3) is 0.600. The summed E-state index contributed by atoms with van der Waals surface area (Å²) in [6.07, 6.45) is 3.79. The van der Waals surface area contributed by atoms with Crippen molar-refractivity contribution in [2.75, 3.05) is 19.6 Å². The van der Waals surface area contributed by atoms with E-state index in [0.29, 0.717) is 0 Å². The van der Waals surface area contributed by atoms with Crippen LogP contribution in [0.4, 0.5) is 0 Å². The number of nitrogens with one attached hydrogen (secondary N) is 1. The van der Waals surface area contributed by atoms with E-state index in [1.807, 2.05) is 0 Å². The van der Waals surface area contributed by atoms with E-state index < -0.39 is 0 Å². The van der Waals surface area contributed by atoms with Gasteiger partial charge in [0.25, 0.3) is 0 Å². The molecule has 0 aliphatic carbocycles. The molecule has 1 aliphatic rings. The Hall–Kier alpha value is -0.0900. The van der Waals surface area contributed by atoms with Crippen molar-refractivity contribution in [3.63, 3.8) is 0 Å². The summed E-state index contributed by atoms with van der Waals surface area (Å²) in [5.41, 5.74) is 1.41. The Morgan fingerprint density at radius 2 is 1.95 bits per heavy atom. The van der Waals surface area contributed by atoms with Gasteiger partial charge in [-0.2, -0.15) is 0 Å². The minimum atomic E-state index is 0. The van der Waals surface area contributed by atoms with Gasteiger partial charge in [-0.05, 0) is 50.5 Å². The molecule has 19 heavy (non-hydrogen) atoms. The highest BCUT2D eigenvalue weighted by molar-refractivity contribution is 9.10. The van der Waals surface area contributed by atoms with Gasteiger partial charge in [0.15, 0.2) is 0 Å². The third-order valence-electron chi connectivity index (χ3n) is 3.67. The van der Waals surface area contributed by atoms with E-state index >= 15 is 0 Å². The lowest BCUT2D eigenvalue weighted by molar-refractivity contribution is 0.154. The van der Waals surface area contributed by atoms with E-state index in [9.17, 15) is 0 Å². The second-order valence-electron chi connectivity index (χ2n) is 5.04. The summed E-state index contributed by atoms with van der Waals surface area (Å²) >= 11 is 3.66. The lowest BCUT2D eigenvalue weighted by Gasteiger charge is -2.34. The van der Waals surface area contributed by atoms with Crippen molar-refractivity contribution >= 4 is 28.3 Å². The highest BCUT2D eigenvalue weighted by Gasteiger charge is 2.20. The van der Waals surface area contributed by atoms with Crippen LogP contribution in [0.2, 0.25) is 0 Å². The van der Waals surface area contributed by atoms with Crippen LogP contribution in [-0.4, -0.2) is 30.6 Å². The minimum absolute atomic E-state index is 0. The average Bonchev–Trinajstić information content (AvgIpc) is 2.42. The Balaban J connectivity index is 0.00000180. The zero-order valence-electron chi connectivity index (χ0n) is 11.6. The van der Waals surface area contributed by atoms with Gasteiger partial charge in [-0.1, -0.05) is 41.1 Å². The number of halogens is 2. The van der Waals surface area contributed by atoms with Gasteiger partial charge in [0.05, 0.1) is 0 Å². The summed E-state index contributed by atoms with van der Waals surface area (Å²) in [5, 5.41) is 3.45. The van der Waals surface area contributed by atoms with Crippen LogP contribution in [0, 0.1) is 0 Å². The van der Waals surface area contributed by atoms with E-state index in [2.05, 4.69) is 57.3 Å². The molecule has 0 atom stereocenters. The lowest BCUT2D eigenvalue weighted by atomic mass is 10.0. The number of hydrogen-bond donors (Lipinski definition) is 1. The van der Waals surface area contributed by atoms with Crippen LogP contribution in [0.1, 0.15) is 31.7 Å². The molecule has 0 saturated carbocycles. The number of rotatable bonds is 5. The molecule has 1 saturated heterocycles. The molecule has 1 aromatic rings. The third-order valence-corrected chi connectivity index (χ3v) is 4.44. The molecule has 0 spiro atoms. The molecular weight excluding hydrogens is 324 g/mol. The number of piperidine rings is 1. The predicted molar refractivity (Wildman–Crippen MR) is 88.0 cm³/mol. The summed E-state index contributed by atoms with van der Waals surface area (Å²) in [6.45, 7) is 6.88. The molecule has 1 fully saturated rings. The molecule has 1 aromatic carbocycles. The van der Waals surface area contributed by atoms with Crippen LogP contribution in [0.15, 0.2) is 28.7 Å². The first-order chi connectivity index (χ1) is 8.81. The Bertz CT molecular complexity index is 367. The molecule has 1 aliphatic heterocycles. The fourth-order valence-electron chi connectivity index (χ4n) is 2.70. The maximum atomic E-state index is 3.66. The van der Waals surface area contributed by atoms with E-state index in [0.717, 1.165) is 12.6 Å². The Morgan fingerprint density at radius 1 is 1.26 bits per heavy atom. The molecule has 108 valence electrons. The van der Waals surface area contributed by atoms with Gasteiger partial charge in [0, 0.05) is 17.1 Å². The van der Waals surface area contributed by atoms with Crippen LogP contribution < -0.4 is 5.32 Å². The van der Waals surface area contributed by atoms with Crippen LogP contribution in [0.5, 0.6) is 0 Å². The molecule has 4 heteroatoms. The SMILES string of the molecule is CCCN(Cc1ccccc1Br)C1CCNCC1.Cl. The highest BCUT2D eigenvalue weighted by Crippen LogP contribution is 2.21. The lowest BCUT2D eigenvalue weighted by Crippen LogP contribution is -2.43. The van der Waals surface area contributed by atoms with Crippen molar-refractivity contribution in [2.45, 2.75) is 38.8 Å². The van der Waals surface area contributed by atoms with E-state index in [1.165, 1.54) is 48.9 Å². The number of benzene rings is 1. The van der Waals surface area contributed by atoms with Gasteiger partial charge in [-0.15, -0.1) is 12.4 Å². The van der Waals surface area contributed by atoms with Crippen molar-refractivity contribution in [1.82, 2.24) is 10.2 Å². The summed E-state index contributed by atoms with van der Waals surface area (Å²) < 4.78 is 1.24. The highest BCUT2D eigenvalue weighted by atomic mass is 79.9. The molecule has 0 aromatic heterocycles. The first kappa shape index (κ1) is 17.0. The van der Waals surface area contributed by atoms with Gasteiger partial charge in [0.2, 0.25) is 0 Å². The molecule has 1 heterocycles. The zero-order valence-corrected chi connectivity index (χ0v) is 14.0. The maximum absolute atomic E-state index is 3.66. The topological polar surface area (TPSA) is 15.3 Å². The molecule has 0 amide bonds. The van der Waals surface area contributed by atoms with Crippen LogP contribution in [0.25, 0.3) is 0 Å². The molecular formula is C15H24BrClN2. The predicted octanol–water partition coefficient (Wildman–Crippen LogP) is 3.83. The Kier molecular flexibility index (Phi) is 8.00. The third kappa shape index (κ3) is 5.07. The van der Waals surface area contributed by atoms with Crippen molar-refractivity contribution in [3.8, 4) is 0 Å². The van der Waals surface area contributed by atoms with Gasteiger partial charge in [-0.3, -0.25) is 4.90 Å². The van der Waals surface area contributed by atoms with Gasteiger partial charge in [-0.25, -0.2) is 0 Å². The number of nitrogens with zero attached hydrogens (tertiary/aromatic N) is 1. The molecule has 2 rings (SSSR count). The molecule has 1 N–H and O–H groups in total. The molecule has 0 unspecified atom stereocenters. The standard InChI is InChI=1S/C15H23BrN2.ClH/c1-2-11-18(14-7-9-17-10-8-14)12-13-5-3-4-6-15(13)16;/h3-6,14,17H,2,7-12H2,1H3;1H. The Labute approximate surface area is 131 Å². The molecule has 0 radical (unpaired) electrons. The van der Waals surface area contributed by atoms with Gasteiger partial charge in [0.1, 0.15) is 0 Å². The average molecular weight is 348 g/mol. The summed E-state index contributed by atoms with van der Waals surface area (Å²) in [4.78, 5) is 2.65. The second-order valence-corrected chi connectivity index (χ2v) is 5.90. The van der Waals surface area contributed by atoms with Crippen LogP contribution >= 0.6 is 28.3 Å². The van der Waals surface area contributed by atoms with Crippen molar-refractivity contribution in [3.05, 3.63) is 34.3 Å². The van der Waals surface area contributed by atoms with E-state index in [1.54, 1.807) is 0 Å².